The zero-order valence-corrected chi connectivity index (χ0v) is 8.10. The number of aryl methyl sites for hydroxylation is 1. The lowest BCUT2D eigenvalue weighted by atomic mass is 10.1. The summed E-state index contributed by atoms with van der Waals surface area (Å²) in [4.78, 5) is 10.5. The zero-order chi connectivity index (χ0) is 10.7. The highest BCUT2D eigenvalue weighted by Gasteiger charge is 2.17. The lowest BCUT2D eigenvalue weighted by molar-refractivity contribution is -0.138. The topological polar surface area (TPSA) is 90.4 Å². The van der Waals surface area contributed by atoms with Crippen LogP contribution >= 0.6 is 0 Å². The minimum Gasteiger partial charge on any atom is -0.481 e. The van der Waals surface area contributed by atoms with Crippen molar-refractivity contribution in [3.63, 3.8) is 0 Å². The predicted octanol–water partition coefficient (Wildman–Crippen LogP) is -0.617. The highest BCUT2D eigenvalue weighted by Crippen LogP contribution is 2.17. The van der Waals surface area contributed by atoms with Crippen LogP contribution in [0.25, 0.3) is 0 Å². The summed E-state index contributed by atoms with van der Waals surface area (Å²) < 4.78 is 6.58. The van der Waals surface area contributed by atoms with Crippen molar-refractivity contribution in [3.05, 3.63) is 11.8 Å². The SMILES string of the molecule is COc1c(CC(N)C(=O)O)cnn1C. The molecule has 1 rings (SSSR count). The number of nitrogens with zero attached hydrogens (tertiary/aromatic N) is 2. The summed E-state index contributed by atoms with van der Waals surface area (Å²) >= 11 is 0. The van der Waals surface area contributed by atoms with Gasteiger partial charge in [-0.25, -0.2) is 4.68 Å². The number of aliphatic carboxylic acids is 1. The van der Waals surface area contributed by atoms with Crippen LogP contribution in [0.15, 0.2) is 6.20 Å². The Morgan fingerprint density at radius 2 is 2.50 bits per heavy atom. The second-order valence-corrected chi connectivity index (χ2v) is 2.95. The fourth-order valence-corrected chi connectivity index (χ4v) is 1.20. The molecule has 0 spiro atoms. The van der Waals surface area contributed by atoms with E-state index in [0.29, 0.717) is 11.4 Å². The Morgan fingerprint density at radius 3 is 3.00 bits per heavy atom. The number of carboxylic acid groups (broad SMARTS) is 1. The van der Waals surface area contributed by atoms with Gasteiger partial charge in [-0.15, -0.1) is 0 Å². The van der Waals surface area contributed by atoms with Crippen molar-refractivity contribution in [1.82, 2.24) is 9.78 Å². The number of hydrogen-bond acceptors (Lipinski definition) is 4. The average Bonchev–Trinajstić information content (AvgIpc) is 2.46. The van der Waals surface area contributed by atoms with Gasteiger partial charge in [-0.05, 0) is 0 Å². The molecule has 3 N–H and O–H groups in total. The molecule has 0 saturated heterocycles. The van der Waals surface area contributed by atoms with Crippen LogP contribution in [0.4, 0.5) is 0 Å². The van der Waals surface area contributed by atoms with Gasteiger partial charge in [0.05, 0.1) is 13.3 Å². The van der Waals surface area contributed by atoms with Crippen LogP contribution in [0, 0.1) is 0 Å². The molecule has 0 aromatic carbocycles. The number of aromatic nitrogens is 2. The van der Waals surface area contributed by atoms with E-state index < -0.39 is 12.0 Å². The Labute approximate surface area is 81.3 Å². The van der Waals surface area contributed by atoms with Crippen LogP contribution in [-0.4, -0.2) is 34.0 Å². The van der Waals surface area contributed by atoms with E-state index >= 15 is 0 Å². The van der Waals surface area contributed by atoms with Gasteiger partial charge in [0.2, 0.25) is 5.88 Å². The number of ether oxygens (including phenoxy) is 1. The Kier molecular flexibility index (Phi) is 3.08. The molecule has 78 valence electrons. The molecular weight excluding hydrogens is 186 g/mol. The minimum atomic E-state index is -1.03. The molecular formula is C8H13N3O3. The van der Waals surface area contributed by atoms with Crippen molar-refractivity contribution in [1.29, 1.82) is 0 Å². The molecule has 0 fully saturated rings. The van der Waals surface area contributed by atoms with Gasteiger partial charge in [0.25, 0.3) is 0 Å². The molecule has 0 amide bonds. The summed E-state index contributed by atoms with van der Waals surface area (Å²) in [5, 5.41) is 12.6. The molecule has 6 nitrogen and oxygen atoms in total. The third kappa shape index (κ3) is 2.02. The van der Waals surface area contributed by atoms with E-state index in [1.165, 1.54) is 11.8 Å². The fraction of sp³-hybridized carbons (Fsp3) is 0.500. The largest absolute Gasteiger partial charge is 0.481 e. The van der Waals surface area contributed by atoms with Gasteiger partial charge < -0.3 is 15.6 Å². The van der Waals surface area contributed by atoms with Crippen LogP contribution < -0.4 is 10.5 Å². The van der Waals surface area contributed by atoms with Gasteiger partial charge >= 0.3 is 5.97 Å². The second-order valence-electron chi connectivity index (χ2n) is 2.95. The highest BCUT2D eigenvalue weighted by molar-refractivity contribution is 5.73. The van der Waals surface area contributed by atoms with Gasteiger partial charge in [-0.3, -0.25) is 4.79 Å². The van der Waals surface area contributed by atoms with Gasteiger partial charge in [0, 0.05) is 19.0 Å². The van der Waals surface area contributed by atoms with Crippen molar-refractivity contribution in [2.24, 2.45) is 12.8 Å². The van der Waals surface area contributed by atoms with E-state index in [2.05, 4.69) is 5.10 Å². The van der Waals surface area contributed by atoms with Gasteiger partial charge in [0.1, 0.15) is 6.04 Å². The molecule has 1 atom stereocenters. The van der Waals surface area contributed by atoms with Crippen molar-refractivity contribution >= 4 is 5.97 Å². The zero-order valence-electron chi connectivity index (χ0n) is 8.10. The lowest BCUT2D eigenvalue weighted by Gasteiger charge is -2.06. The normalized spacial score (nSPS) is 12.5. The minimum absolute atomic E-state index is 0.215. The third-order valence-electron chi connectivity index (χ3n) is 1.91. The summed E-state index contributed by atoms with van der Waals surface area (Å²) in [6.07, 6.45) is 1.77. The van der Waals surface area contributed by atoms with Gasteiger partial charge in [0.15, 0.2) is 0 Å². The van der Waals surface area contributed by atoms with Crippen LogP contribution in [0.1, 0.15) is 5.56 Å². The fourth-order valence-electron chi connectivity index (χ4n) is 1.20. The molecule has 1 aromatic heterocycles. The second kappa shape index (κ2) is 4.10. The van der Waals surface area contributed by atoms with E-state index in [1.54, 1.807) is 13.2 Å². The number of methoxy groups -OCH3 is 1. The van der Waals surface area contributed by atoms with Crippen LogP contribution in [0.3, 0.4) is 0 Å². The van der Waals surface area contributed by atoms with Crippen molar-refractivity contribution in [2.75, 3.05) is 7.11 Å². The number of carboxylic acids is 1. The maximum absolute atomic E-state index is 10.5. The molecule has 6 heteroatoms. The summed E-state index contributed by atoms with van der Waals surface area (Å²) in [5.74, 6) is -0.488. The van der Waals surface area contributed by atoms with Crippen LogP contribution in [0.2, 0.25) is 0 Å². The molecule has 0 aliphatic carbocycles. The maximum atomic E-state index is 10.5. The molecule has 1 aromatic rings. The maximum Gasteiger partial charge on any atom is 0.320 e. The van der Waals surface area contributed by atoms with Crippen molar-refractivity contribution in [3.8, 4) is 5.88 Å². The first-order chi connectivity index (χ1) is 6.56. The van der Waals surface area contributed by atoms with Gasteiger partial charge in [-0.2, -0.15) is 5.10 Å². The molecule has 0 aliphatic heterocycles. The smallest absolute Gasteiger partial charge is 0.320 e. The first kappa shape index (κ1) is 10.5. The first-order valence-corrected chi connectivity index (χ1v) is 4.09. The molecule has 1 unspecified atom stereocenters. The van der Waals surface area contributed by atoms with E-state index in [4.69, 9.17) is 15.6 Å². The number of rotatable bonds is 4. The molecule has 0 radical (unpaired) electrons. The molecule has 1 heterocycles. The molecule has 0 saturated carbocycles. The quantitative estimate of drug-likeness (QED) is 0.674. The molecule has 0 bridgehead atoms. The highest BCUT2D eigenvalue weighted by atomic mass is 16.5. The summed E-state index contributed by atoms with van der Waals surface area (Å²) in [5.41, 5.74) is 6.09. The predicted molar refractivity (Wildman–Crippen MR) is 49.1 cm³/mol. The van der Waals surface area contributed by atoms with E-state index in [9.17, 15) is 4.79 Å². The number of nitrogens with two attached hydrogens (primary N) is 1. The Bertz CT molecular complexity index is 335. The lowest BCUT2D eigenvalue weighted by Crippen LogP contribution is -2.32. The first-order valence-electron chi connectivity index (χ1n) is 4.09. The third-order valence-corrected chi connectivity index (χ3v) is 1.91. The Balaban J connectivity index is 2.81. The summed E-state index contributed by atoms with van der Waals surface area (Å²) in [7, 11) is 3.22. The van der Waals surface area contributed by atoms with E-state index in [1.807, 2.05) is 0 Å². The Morgan fingerprint density at radius 1 is 1.86 bits per heavy atom. The Hall–Kier alpha value is -1.56. The standard InChI is InChI=1S/C8H13N3O3/c1-11-7(14-2)5(4-10-11)3-6(9)8(12)13/h4,6H,3,9H2,1-2H3,(H,12,13). The molecule has 14 heavy (non-hydrogen) atoms. The summed E-state index contributed by atoms with van der Waals surface area (Å²) in [6.45, 7) is 0. The van der Waals surface area contributed by atoms with Crippen LogP contribution in [0.5, 0.6) is 5.88 Å². The van der Waals surface area contributed by atoms with Crippen molar-refractivity contribution < 1.29 is 14.6 Å². The monoisotopic (exact) mass is 199 g/mol. The van der Waals surface area contributed by atoms with E-state index in [0.717, 1.165) is 0 Å². The van der Waals surface area contributed by atoms with Gasteiger partial charge in [-0.1, -0.05) is 0 Å². The molecule has 0 aliphatic rings. The number of hydrogen-bond donors (Lipinski definition) is 2. The van der Waals surface area contributed by atoms with E-state index in [-0.39, 0.29) is 6.42 Å². The number of carbonyl (C=O) groups is 1. The summed E-state index contributed by atoms with van der Waals surface area (Å²) in [6, 6.07) is -0.923. The van der Waals surface area contributed by atoms with Crippen molar-refractivity contribution in [2.45, 2.75) is 12.5 Å². The van der Waals surface area contributed by atoms with Crippen LogP contribution in [-0.2, 0) is 18.3 Å². The average molecular weight is 199 g/mol.